The van der Waals surface area contributed by atoms with E-state index < -0.39 is 6.10 Å². The Kier molecular flexibility index (Phi) is 9.47. The van der Waals surface area contributed by atoms with E-state index in [0.717, 1.165) is 0 Å². The second kappa shape index (κ2) is 8.15. The van der Waals surface area contributed by atoms with Gasteiger partial charge in [0.1, 0.15) is 11.9 Å². The van der Waals surface area contributed by atoms with Gasteiger partial charge in [0, 0.05) is 38.7 Å². The van der Waals surface area contributed by atoms with E-state index in [-0.39, 0.29) is 37.6 Å². The predicted molar refractivity (Wildman–Crippen MR) is 51.6 cm³/mol. The summed E-state index contributed by atoms with van der Waals surface area (Å²) < 4.78 is 5.11. The summed E-state index contributed by atoms with van der Waals surface area (Å²) in [7, 11) is 0. The van der Waals surface area contributed by atoms with Gasteiger partial charge in [-0.2, -0.15) is 0 Å². The molecular formula is C10H18IrO3. The Morgan fingerprint density at radius 3 is 2.29 bits per heavy atom. The molecule has 1 radical (unpaired) electrons. The fourth-order valence-corrected chi connectivity index (χ4v) is 0.765. The molecule has 0 saturated carbocycles. The molecule has 0 aliphatic rings. The monoisotopic (exact) mass is 379 g/mol. The molecule has 14 heavy (non-hydrogen) atoms. The Labute approximate surface area is 98.9 Å². The molecule has 0 aromatic heterocycles. The Balaban J connectivity index is 0. The van der Waals surface area contributed by atoms with E-state index >= 15 is 0 Å². The molecule has 0 amide bonds. The first-order valence-electron chi connectivity index (χ1n) is 4.55. The van der Waals surface area contributed by atoms with Crippen LogP contribution < -0.4 is 0 Å². The van der Waals surface area contributed by atoms with E-state index in [1.54, 1.807) is 20.8 Å². The van der Waals surface area contributed by atoms with Crippen LogP contribution in [0.2, 0.25) is 0 Å². The minimum atomic E-state index is -0.396. The van der Waals surface area contributed by atoms with E-state index in [1.807, 2.05) is 6.92 Å². The summed E-state index contributed by atoms with van der Waals surface area (Å²) in [6.07, 6.45) is 0.845. The molecule has 1 atom stereocenters. The van der Waals surface area contributed by atoms with Crippen molar-refractivity contribution in [2.75, 3.05) is 6.61 Å². The fraction of sp³-hybridized carbons (Fsp3) is 0.700. The summed E-state index contributed by atoms with van der Waals surface area (Å²) in [6.45, 7) is 7.65. The Bertz CT molecular complexity index is 200. The van der Waals surface area contributed by atoms with Gasteiger partial charge in [-0.1, -0.05) is 13.8 Å². The van der Waals surface area contributed by atoms with Gasteiger partial charge in [0.25, 0.3) is 0 Å². The molecule has 0 aliphatic heterocycles. The van der Waals surface area contributed by atoms with Gasteiger partial charge >= 0.3 is 0 Å². The van der Waals surface area contributed by atoms with Crippen LogP contribution in [0.3, 0.4) is 0 Å². The molecule has 0 rings (SSSR count). The normalized spacial score (nSPS) is 13.6. The van der Waals surface area contributed by atoms with Gasteiger partial charge in [0.2, 0.25) is 0 Å². The van der Waals surface area contributed by atoms with Crippen LogP contribution in [0.25, 0.3) is 0 Å². The maximum absolute atomic E-state index is 11.2. The Morgan fingerprint density at radius 1 is 1.43 bits per heavy atom. The van der Waals surface area contributed by atoms with Crippen LogP contribution in [0.1, 0.15) is 27.7 Å². The zero-order valence-corrected chi connectivity index (χ0v) is 11.4. The quantitative estimate of drug-likeness (QED) is 0.589. The van der Waals surface area contributed by atoms with Gasteiger partial charge < -0.3 is 9.84 Å². The fourth-order valence-electron chi connectivity index (χ4n) is 0.765. The molecule has 3 nitrogen and oxygen atoms in total. The molecule has 1 N–H and O–H groups in total. The molecule has 85 valence electrons. The Hall–Kier alpha value is -0.181. The van der Waals surface area contributed by atoms with Gasteiger partial charge in [-0.25, -0.2) is 0 Å². The number of aliphatic hydroxyl groups is 1. The van der Waals surface area contributed by atoms with Crippen molar-refractivity contribution in [1.29, 1.82) is 0 Å². The number of rotatable bonds is 5. The molecule has 1 unspecified atom stereocenters. The third-order valence-corrected chi connectivity index (χ3v) is 1.69. The van der Waals surface area contributed by atoms with Gasteiger partial charge in [-0.3, -0.25) is 4.79 Å². The minimum absolute atomic E-state index is 0. The number of carbonyl (C=O) groups excluding carboxylic acids is 1. The molecule has 4 heteroatoms. The van der Waals surface area contributed by atoms with Crippen LogP contribution in [0.5, 0.6) is 0 Å². The summed E-state index contributed by atoms with van der Waals surface area (Å²) in [5, 5.41) is 9.38. The zero-order valence-electron chi connectivity index (χ0n) is 9.04. The predicted octanol–water partition coefficient (Wildman–Crippen LogP) is 2.08. The maximum Gasteiger partial charge on any atom is 0.161 e. The summed E-state index contributed by atoms with van der Waals surface area (Å²) in [4.78, 5) is 11.2. The van der Waals surface area contributed by atoms with Crippen molar-refractivity contribution >= 4 is 5.78 Å². The first-order chi connectivity index (χ1) is 5.99. The standard InChI is InChI=1S/C10H18O3.Ir/c1-5-13-8(4)10(12)6-9(11)7(2)3;/h6-8,12H,5H2,1-4H3;/b10-6-;. The van der Waals surface area contributed by atoms with E-state index in [2.05, 4.69) is 0 Å². The molecule has 0 aromatic carbocycles. The average Bonchev–Trinajstić information content (AvgIpc) is 2.04. The molecular weight excluding hydrogens is 360 g/mol. The molecule has 0 saturated heterocycles. The summed E-state index contributed by atoms with van der Waals surface area (Å²) >= 11 is 0. The van der Waals surface area contributed by atoms with Crippen molar-refractivity contribution in [2.24, 2.45) is 5.92 Å². The van der Waals surface area contributed by atoms with Gasteiger partial charge in [0.05, 0.1) is 0 Å². The van der Waals surface area contributed by atoms with Crippen LogP contribution in [-0.2, 0) is 29.6 Å². The second-order valence-electron chi connectivity index (χ2n) is 3.22. The zero-order chi connectivity index (χ0) is 10.4. The molecule has 0 fully saturated rings. The minimum Gasteiger partial charge on any atom is -0.509 e. The maximum atomic E-state index is 11.2. The topological polar surface area (TPSA) is 46.5 Å². The number of hydrogen-bond acceptors (Lipinski definition) is 3. The third-order valence-electron chi connectivity index (χ3n) is 1.69. The van der Waals surface area contributed by atoms with Crippen molar-refractivity contribution in [1.82, 2.24) is 0 Å². The summed E-state index contributed by atoms with van der Waals surface area (Å²) in [6, 6.07) is 0. The van der Waals surface area contributed by atoms with E-state index in [1.165, 1.54) is 6.08 Å². The van der Waals surface area contributed by atoms with E-state index in [0.29, 0.717) is 6.61 Å². The van der Waals surface area contributed by atoms with Crippen LogP contribution in [0, 0.1) is 5.92 Å². The van der Waals surface area contributed by atoms with Crippen LogP contribution in [0.4, 0.5) is 0 Å². The van der Waals surface area contributed by atoms with Crippen molar-refractivity contribution in [3.8, 4) is 0 Å². The first-order valence-corrected chi connectivity index (χ1v) is 4.55. The number of allylic oxidation sites excluding steroid dienone is 1. The summed E-state index contributed by atoms with van der Waals surface area (Å²) in [5.41, 5.74) is 0. The van der Waals surface area contributed by atoms with Gasteiger partial charge in [-0.05, 0) is 13.8 Å². The smallest absolute Gasteiger partial charge is 0.161 e. The number of ketones is 1. The van der Waals surface area contributed by atoms with Crippen LogP contribution in [-0.4, -0.2) is 23.6 Å². The van der Waals surface area contributed by atoms with Crippen molar-refractivity contribution < 1.29 is 34.7 Å². The number of ether oxygens (including phenoxy) is 1. The van der Waals surface area contributed by atoms with E-state index in [9.17, 15) is 9.90 Å². The largest absolute Gasteiger partial charge is 0.509 e. The van der Waals surface area contributed by atoms with Crippen LogP contribution in [0.15, 0.2) is 11.8 Å². The molecule has 0 bridgehead atoms. The third kappa shape index (κ3) is 6.30. The molecule has 0 aliphatic carbocycles. The first kappa shape index (κ1) is 16.3. The van der Waals surface area contributed by atoms with Crippen molar-refractivity contribution in [3.63, 3.8) is 0 Å². The average molecular weight is 378 g/mol. The number of hydrogen-bond donors (Lipinski definition) is 1. The van der Waals surface area contributed by atoms with Crippen LogP contribution >= 0.6 is 0 Å². The van der Waals surface area contributed by atoms with Crippen molar-refractivity contribution in [2.45, 2.75) is 33.8 Å². The molecule has 0 heterocycles. The van der Waals surface area contributed by atoms with Gasteiger partial charge in [0.15, 0.2) is 5.78 Å². The number of carbonyl (C=O) groups is 1. The molecule has 0 spiro atoms. The SMILES string of the molecule is CCOC(C)/C(O)=C/C(=O)C(C)C.[Ir]. The second-order valence-corrected chi connectivity index (χ2v) is 3.22. The molecule has 0 aromatic rings. The van der Waals surface area contributed by atoms with E-state index in [4.69, 9.17) is 4.74 Å². The number of aliphatic hydroxyl groups excluding tert-OH is 1. The summed E-state index contributed by atoms with van der Waals surface area (Å²) in [5.74, 6) is -0.166. The van der Waals surface area contributed by atoms with Crippen molar-refractivity contribution in [3.05, 3.63) is 11.8 Å². The Morgan fingerprint density at radius 2 is 1.93 bits per heavy atom. The van der Waals surface area contributed by atoms with Gasteiger partial charge in [-0.15, -0.1) is 0 Å².